The zero-order valence-electron chi connectivity index (χ0n) is 17.1. The van der Waals surface area contributed by atoms with Gasteiger partial charge in [-0.25, -0.2) is 4.79 Å². The van der Waals surface area contributed by atoms with Crippen LogP contribution in [0.15, 0.2) is 63.9 Å². The number of carboxylic acid groups (broad SMARTS) is 1. The van der Waals surface area contributed by atoms with Crippen molar-refractivity contribution >= 4 is 69.8 Å². The lowest BCUT2D eigenvalue weighted by molar-refractivity contribution is -0.127. The Morgan fingerprint density at radius 2 is 1.79 bits per heavy atom. The van der Waals surface area contributed by atoms with E-state index in [1.807, 2.05) is 0 Å². The van der Waals surface area contributed by atoms with Crippen LogP contribution < -0.4 is 5.32 Å². The second-order valence-corrected chi connectivity index (χ2v) is 8.86. The highest BCUT2D eigenvalue weighted by Crippen LogP contribution is 2.35. The molecule has 34 heavy (non-hydrogen) atoms. The van der Waals surface area contributed by atoms with Crippen molar-refractivity contribution in [2.75, 3.05) is 11.9 Å². The molecule has 172 valence electrons. The molecule has 1 aliphatic rings. The number of thioether (sulfide) groups is 1. The zero-order valence-corrected chi connectivity index (χ0v) is 19.4. The minimum atomic E-state index is -1.11. The van der Waals surface area contributed by atoms with Crippen molar-refractivity contribution in [1.82, 2.24) is 4.90 Å². The molecule has 2 N–H and O–H groups in total. The van der Waals surface area contributed by atoms with Gasteiger partial charge >= 0.3 is 5.97 Å². The molecule has 0 aliphatic carbocycles. The molecule has 0 atom stereocenters. The predicted molar refractivity (Wildman–Crippen MR) is 129 cm³/mol. The van der Waals surface area contributed by atoms with E-state index < -0.39 is 29.6 Å². The first-order chi connectivity index (χ1) is 16.2. The van der Waals surface area contributed by atoms with Crippen molar-refractivity contribution in [3.05, 3.63) is 80.9 Å². The van der Waals surface area contributed by atoms with Crippen LogP contribution in [-0.4, -0.2) is 39.6 Å². The molecular formula is C23H14Cl2N2O6S. The number of hydrogen-bond donors (Lipinski definition) is 2. The fraction of sp³-hybridized carbons (Fsp3) is 0.0435. The number of carboxylic acids is 1. The van der Waals surface area contributed by atoms with E-state index in [-0.39, 0.29) is 21.3 Å². The van der Waals surface area contributed by atoms with Gasteiger partial charge in [0.2, 0.25) is 5.91 Å². The van der Waals surface area contributed by atoms with Gasteiger partial charge in [0.15, 0.2) is 0 Å². The fourth-order valence-corrected chi connectivity index (χ4v) is 4.22. The average Bonchev–Trinajstić information content (AvgIpc) is 3.35. The number of aromatic carboxylic acids is 1. The van der Waals surface area contributed by atoms with Crippen LogP contribution in [0.2, 0.25) is 10.0 Å². The lowest BCUT2D eigenvalue weighted by Crippen LogP contribution is -2.36. The van der Waals surface area contributed by atoms with Gasteiger partial charge in [-0.15, -0.1) is 0 Å². The molecule has 0 bridgehead atoms. The molecule has 3 amide bonds. The number of anilines is 1. The van der Waals surface area contributed by atoms with Crippen LogP contribution >= 0.6 is 35.0 Å². The number of nitrogens with zero attached hydrogens (tertiary/aromatic N) is 1. The molecular weight excluding hydrogens is 503 g/mol. The highest BCUT2D eigenvalue weighted by atomic mass is 35.5. The number of furan rings is 1. The first-order valence-electron chi connectivity index (χ1n) is 9.65. The summed E-state index contributed by atoms with van der Waals surface area (Å²) in [5.74, 6) is -1.74. The summed E-state index contributed by atoms with van der Waals surface area (Å²) in [6, 6.07) is 13.7. The Labute approximate surface area is 207 Å². The third kappa shape index (κ3) is 5.17. The number of rotatable bonds is 6. The quantitative estimate of drug-likeness (QED) is 0.407. The number of benzene rings is 2. The van der Waals surface area contributed by atoms with Crippen LogP contribution in [0.3, 0.4) is 0 Å². The Balaban J connectivity index is 1.48. The smallest absolute Gasteiger partial charge is 0.335 e. The van der Waals surface area contributed by atoms with Crippen LogP contribution in [0, 0.1) is 0 Å². The van der Waals surface area contributed by atoms with Crippen molar-refractivity contribution in [3.8, 4) is 11.3 Å². The second-order valence-electron chi connectivity index (χ2n) is 7.02. The largest absolute Gasteiger partial charge is 0.478 e. The summed E-state index contributed by atoms with van der Waals surface area (Å²) in [7, 11) is 0. The van der Waals surface area contributed by atoms with Gasteiger partial charge in [0, 0.05) is 22.3 Å². The first kappa shape index (κ1) is 23.6. The summed E-state index contributed by atoms with van der Waals surface area (Å²) < 4.78 is 5.70. The van der Waals surface area contributed by atoms with E-state index in [0.29, 0.717) is 33.8 Å². The van der Waals surface area contributed by atoms with E-state index >= 15 is 0 Å². The summed E-state index contributed by atoms with van der Waals surface area (Å²) in [4.78, 5) is 49.4. The predicted octanol–water partition coefficient (Wildman–Crippen LogP) is 5.63. The monoisotopic (exact) mass is 516 g/mol. The number of carbonyl (C=O) groups excluding carboxylic acids is 3. The van der Waals surface area contributed by atoms with E-state index in [2.05, 4.69) is 5.32 Å². The molecule has 2 aromatic carbocycles. The van der Waals surface area contributed by atoms with Gasteiger partial charge in [0.25, 0.3) is 11.1 Å². The van der Waals surface area contributed by atoms with Crippen molar-refractivity contribution in [2.45, 2.75) is 0 Å². The lowest BCUT2D eigenvalue weighted by Gasteiger charge is -2.12. The summed E-state index contributed by atoms with van der Waals surface area (Å²) in [6.07, 6.45) is 1.38. The molecule has 11 heteroatoms. The molecule has 1 aromatic heterocycles. The van der Waals surface area contributed by atoms with Gasteiger partial charge in [-0.05, 0) is 66.4 Å². The van der Waals surface area contributed by atoms with Gasteiger partial charge < -0.3 is 14.8 Å². The standard InChI is InChI=1S/C23H14Cl2N2O6S/c24-13-2-4-14(5-3-13)26-20(28)11-27-21(29)19(34-23(27)32)10-15-6-8-18(33-15)16-9-12(22(30)31)1-7-17(16)25/h1-10H,11H2,(H,26,28)(H,30,31)/b19-10-. The van der Waals surface area contributed by atoms with Gasteiger partial charge in [-0.3, -0.25) is 19.3 Å². The molecule has 0 saturated carbocycles. The zero-order chi connectivity index (χ0) is 24.4. The highest BCUT2D eigenvalue weighted by molar-refractivity contribution is 8.18. The van der Waals surface area contributed by atoms with Crippen molar-refractivity contribution < 1.29 is 28.7 Å². The maximum atomic E-state index is 12.7. The van der Waals surface area contributed by atoms with Crippen molar-refractivity contribution in [2.24, 2.45) is 0 Å². The van der Waals surface area contributed by atoms with Gasteiger partial charge in [-0.1, -0.05) is 23.2 Å². The third-order valence-electron chi connectivity index (χ3n) is 4.68. The van der Waals surface area contributed by atoms with Gasteiger partial charge in [0.05, 0.1) is 15.5 Å². The first-order valence-corrected chi connectivity index (χ1v) is 11.2. The van der Waals surface area contributed by atoms with Crippen LogP contribution in [-0.2, 0) is 9.59 Å². The third-order valence-corrected chi connectivity index (χ3v) is 6.17. The molecule has 0 unspecified atom stereocenters. The molecule has 4 rings (SSSR count). The number of carbonyl (C=O) groups is 4. The molecule has 2 heterocycles. The Kier molecular flexibility index (Phi) is 6.78. The Hall–Kier alpha value is -3.53. The number of hydrogen-bond acceptors (Lipinski definition) is 6. The lowest BCUT2D eigenvalue weighted by atomic mass is 10.1. The Morgan fingerprint density at radius 3 is 2.50 bits per heavy atom. The maximum absolute atomic E-state index is 12.7. The second kappa shape index (κ2) is 9.76. The highest BCUT2D eigenvalue weighted by Gasteiger charge is 2.36. The Morgan fingerprint density at radius 1 is 1.06 bits per heavy atom. The van der Waals surface area contributed by atoms with E-state index in [4.69, 9.17) is 27.6 Å². The SMILES string of the molecule is O=C(CN1C(=O)S/C(=C\c2ccc(-c3cc(C(=O)O)ccc3Cl)o2)C1=O)Nc1ccc(Cl)cc1. The van der Waals surface area contributed by atoms with Crippen LogP contribution in [0.5, 0.6) is 0 Å². The molecule has 0 spiro atoms. The van der Waals surface area contributed by atoms with Crippen LogP contribution in [0.1, 0.15) is 16.1 Å². The van der Waals surface area contributed by atoms with Crippen molar-refractivity contribution in [1.29, 1.82) is 0 Å². The van der Waals surface area contributed by atoms with E-state index in [0.717, 1.165) is 4.90 Å². The molecule has 1 aliphatic heterocycles. The topological polar surface area (TPSA) is 117 Å². The minimum absolute atomic E-state index is 0.0374. The maximum Gasteiger partial charge on any atom is 0.335 e. The van der Waals surface area contributed by atoms with Crippen LogP contribution in [0.25, 0.3) is 17.4 Å². The van der Waals surface area contributed by atoms with E-state index in [1.54, 1.807) is 36.4 Å². The fourth-order valence-electron chi connectivity index (χ4n) is 3.07. The van der Waals surface area contributed by atoms with Crippen molar-refractivity contribution in [3.63, 3.8) is 0 Å². The number of nitrogens with one attached hydrogen (secondary N) is 1. The minimum Gasteiger partial charge on any atom is -0.478 e. The number of imide groups is 1. The normalized spacial score (nSPS) is 14.6. The summed E-state index contributed by atoms with van der Waals surface area (Å²) in [6.45, 7) is -0.453. The Bertz CT molecular complexity index is 1350. The average molecular weight is 517 g/mol. The molecule has 1 saturated heterocycles. The van der Waals surface area contributed by atoms with E-state index in [9.17, 15) is 24.3 Å². The molecule has 8 nitrogen and oxygen atoms in total. The summed E-state index contributed by atoms with van der Waals surface area (Å²) in [5, 5.41) is 12.0. The molecule has 3 aromatic rings. The van der Waals surface area contributed by atoms with Gasteiger partial charge in [-0.2, -0.15) is 0 Å². The summed E-state index contributed by atoms with van der Waals surface area (Å²) >= 11 is 12.7. The number of amides is 3. The van der Waals surface area contributed by atoms with E-state index in [1.165, 1.54) is 24.3 Å². The number of halogens is 2. The summed E-state index contributed by atoms with van der Waals surface area (Å²) in [5.41, 5.74) is 0.884. The van der Waals surface area contributed by atoms with Gasteiger partial charge in [0.1, 0.15) is 18.1 Å². The molecule has 1 fully saturated rings. The van der Waals surface area contributed by atoms with Crippen LogP contribution in [0.4, 0.5) is 10.5 Å². The molecule has 0 radical (unpaired) electrons.